The Bertz CT molecular complexity index is 502. The summed E-state index contributed by atoms with van der Waals surface area (Å²) < 4.78 is 37.8. The molecule has 0 aromatic heterocycles. The van der Waals surface area contributed by atoms with Gasteiger partial charge in [-0.3, -0.25) is 4.79 Å². The van der Waals surface area contributed by atoms with Crippen LogP contribution in [0.1, 0.15) is 24.5 Å². The maximum absolute atomic E-state index is 12.6. The Kier molecular flexibility index (Phi) is 4.88. The van der Waals surface area contributed by atoms with Gasteiger partial charge in [0.05, 0.1) is 11.5 Å². The summed E-state index contributed by atoms with van der Waals surface area (Å²) in [6.07, 6.45) is -3.55. The smallest absolute Gasteiger partial charge is 0.352 e. The van der Waals surface area contributed by atoms with Crippen molar-refractivity contribution < 1.29 is 18.0 Å². The summed E-state index contributed by atoms with van der Waals surface area (Å²) in [7, 11) is 0. The summed E-state index contributed by atoms with van der Waals surface area (Å²) >= 11 is 0. The van der Waals surface area contributed by atoms with Crippen molar-refractivity contribution in [2.24, 2.45) is 11.8 Å². The Morgan fingerprint density at radius 3 is 2.81 bits per heavy atom. The molecule has 1 aliphatic heterocycles. The van der Waals surface area contributed by atoms with Crippen molar-refractivity contribution in [1.82, 2.24) is 10.6 Å². The van der Waals surface area contributed by atoms with E-state index in [1.807, 2.05) is 0 Å². The zero-order chi connectivity index (χ0) is 15.5. The third kappa shape index (κ3) is 4.46. The summed E-state index contributed by atoms with van der Waals surface area (Å²) in [6.45, 7) is 3.71. The van der Waals surface area contributed by atoms with E-state index >= 15 is 0 Å². The first-order chi connectivity index (χ1) is 9.86. The first-order valence-electron chi connectivity index (χ1n) is 7.01. The van der Waals surface area contributed by atoms with E-state index < -0.39 is 11.7 Å². The Morgan fingerprint density at radius 1 is 1.38 bits per heavy atom. The van der Waals surface area contributed by atoms with Crippen LogP contribution in [0.15, 0.2) is 24.3 Å². The fourth-order valence-corrected chi connectivity index (χ4v) is 2.55. The average Bonchev–Trinajstić information content (AvgIpc) is 2.44. The number of alkyl halides is 3. The van der Waals surface area contributed by atoms with Crippen LogP contribution in [0, 0.1) is 11.8 Å². The molecule has 2 unspecified atom stereocenters. The number of nitrogens with one attached hydrogen (secondary N) is 2. The fourth-order valence-electron chi connectivity index (χ4n) is 2.55. The molecule has 1 aliphatic rings. The van der Waals surface area contributed by atoms with Gasteiger partial charge in [0.1, 0.15) is 0 Å². The molecule has 1 heterocycles. The van der Waals surface area contributed by atoms with E-state index in [0.29, 0.717) is 18.0 Å². The van der Waals surface area contributed by atoms with Crippen molar-refractivity contribution in [3.63, 3.8) is 0 Å². The summed E-state index contributed by atoms with van der Waals surface area (Å²) in [5.74, 6) is 0.217. The molecule has 2 N–H and O–H groups in total. The zero-order valence-electron chi connectivity index (χ0n) is 11.8. The van der Waals surface area contributed by atoms with Crippen LogP contribution in [0.5, 0.6) is 0 Å². The van der Waals surface area contributed by atoms with Gasteiger partial charge in [0.25, 0.3) is 0 Å². The van der Waals surface area contributed by atoms with Crippen molar-refractivity contribution in [3.8, 4) is 0 Å². The molecule has 0 spiro atoms. The first-order valence-corrected chi connectivity index (χ1v) is 7.01. The number of piperidine rings is 1. The molecule has 1 aromatic rings. The molecule has 21 heavy (non-hydrogen) atoms. The molecule has 1 fully saturated rings. The molecule has 3 nitrogen and oxygen atoms in total. The minimum atomic E-state index is -4.36. The molecule has 2 atom stereocenters. The van der Waals surface area contributed by atoms with Crippen LogP contribution >= 0.6 is 0 Å². The van der Waals surface area contributed by atoms with E-state index in [1.165, 1.54) is 6.07 Å². The fraction of sp³-hybridized carbons (Fsp3) is 0.533. The summed E-state index contributed by atoms with van der Waals surface area (Å²) in [5.41, 5.74) is -0.239. The highest BCUT2D eigenvalue weighted by atomic mass is 19.4. The van der Waals surface area contributed by atoms with E-state index in [-0.39, 0.29) is 18.4 Å². The van der Waals surface area contributed by atoms with Gasteiger partial charge < -0.3 is 10.6 Å². The number of rotatable bonds is 3. The monoisotopic (exact) mass is 300 g/mol. The van der Waals surface area contributed by atoms with Crippen molar-refractivity contribution in [3.05, 3.63) is 35.4 Å². The number of hydrogen-bond donors (Lipinski definition) is 2. The highest BCUT2D eigenvalue weighted by molar-refractivity contribution is 5.79. The van der Waals surface area contributed by atoms with Crippen LogP contribution in [-0.2, 0) is 17.5 Å². The van der Waals surface area contributed by atoms with Crippen LogP contribution in [0.2, 0.25) is 0 Å². The molecular formula is C15H19F3N2O. The molecule has 2 rings (SSSR count). The van der Waals surface area contributed by atoms with Gasteiger partial charge in [-0.05, 0) is 36.6 Å². The number of carbonyl (C=O) groups excluding carboxylic acids is 1. The second-order valence-electron chi connectivity index (χ2n) is 5.61. The molecule has 0 aliphatic carbocycles. The minimum Gasteiger partial charge on any atom is -0.352 e. The van der Waals surface area contributed by atoms with Crippen molar-refractivity contribution in [2.75, 3.05) is 13.1 Å². The Balaban J connectivity index is 1.92. The molecule has 6 heteroatoms. The van der Waals surface area contributed by atoms with Crippen LogP contribution in [0.4, 0.5) is 13.2 Å². The maximum Gasteiger partial charge on any atom is 0.416 e. The molecule has 1 amide bonds. The van der Waals surface area contributed by atoms with E-state index in [4.69, 9.17) is 0 Å². The molecule has 1 saturated heterocycles. The SMILES string of the molecule is CC1CNCC(C(=O)NCc2cccc(C(F)(F)F)c2)C1. The minimum absolute atomic E-state index is 0.105. The lowest BCUT2D eigenvalue weighted by atomic mass is 9.91. The molecule has 0 radical (unpaired) electrons. The molecule has 0 bridgehead atoms. The predicted octanol–water partition coefficient (Wildman–Crippen LogP) is 2.57. The predicted molar refractivity (Wildman–Crippen MR) is 73.4 cm³/mol. The molecule has 1 aromatic carbocycles. The highest BCUT2D eigenvalue weighted by Crippen LogP contribution is 2.29. The van der Waals surface area contributed by atoms with Crippen molar-refractivity contribution in [2.45, 2.75) is 26.1 Å². The second kappa shape index (κ2) is 6.47. The number of amides is 1. The normalized spacial score (nSPS) is 22.9. The van der Waals surface area contributed by atoms with Crippen molar-refractivity contribution in [1.29, 1.82) is 0 Å². The lowest BCUT2D eigenvalue weighted by Crippen LogP contribution is -2.43. The van der Waals surface area contributed by atoms with E-state index in [2.05, 4.69) is 17.6 Å². The van der Waals surface area contributed by atoms with Gasteiger partial charge in [0, 0.05) is 13.1 Å². The molecule has 116 valence electrons. The van der Waals surface area contributed by atoms with Crippen LogP contribution in [0.3, 0.4) is 0 Å². The first kappa shape index (κ1) is 15.8. The largest absolute Gasteiger partial charge is 0.416 e. The van der Waals surface area contributed by atoms with Gasteiger partial charge in [-0.15, -0.1) is 0 Å². The third-order valence-corrected chi connectivity index (χ3v) is 3.66. The topological polar surface area (TPSA) is 41.1 Å². The molecule has 0 saturated carbocycles. The van der Waals surface area contributed by atoms with Gasteiger partial charge in [-0.1, -0.05) is 19.1 Å². The summed E-state index contributed by atoms with van der Waals surface area (Å²) in [4.78, 5) is 12.0. The summed E-state index contributed by atoms with van der Waals surface area (Å²) in [5, 5.41) is 5.90. The van der Waals surface area contributed by atoms with Crippen molar-refractivity contribution >= 4 is 5.91 Å². The van der Waals surface area contributed by atoms with Gasteiger partial charge in [-0.25, -0.2) is 0 Å². The Morgan fingerprint density at radius 2 is 2.14 bits per heavy atom. The van der Waals surface area contributed by atoms with Gasteiger partial charge >= 0.3 is 6.18 Å². The average molecular weight is 300 g/mol. The van der Waals surface area contributed by atoms with Gasteiger partial charge in [-0.2, -0.15) is 13.2 Å². The Hall–Kier alpha value is -1.56. The number of hydrogen-bond acceptors (Lipinski definition) is 2. The van der Waals surface area contributed by atoms with Crippen LogP contribution < -0.4 is 10.6 Å². The number of benzene rings is 1. The van der Waals surface area contributed by atoms with Crippen LogP contribution in [0.25, 0.3) is 0 Å². The maximum atomic E-state index is 12.6. The van der Waals surface area contributed by atoms with Crippen LogP contribution in [-0.4, -0.2) is 19.0 Å². The zero-order valence-corrected chi connectivity index (χ0v) is 11.8. The van der Waals surface area contributed by atoms with E-state index in [0.717, 1.165) is 25.1 Å². The Labute approximate surface area is 121 Å². The quantitative estimate of drug-likeness (QED) is 0.901. The number of halogens is 3. The number of carbonyl (C=O) groups is 1. The standard InChI is InChI=1S/C15H19F3N2O/c1-10-5-12(9-19-7-10)14(21)20-8-11-3-2-4-13(6-11)15(16,17)18/h2-4,6,10,12,19H,5,7-9H2,1H3,(H,20,21). The van der Waals surface area contributed by atoms with Gasteiger partial charge in [0.2, 0.25) is 5.91 Å². The highest BCUT2D eigenvalue weighted by Gasteiger charge is 2.30. The lowest BCUT2D eigenvalue weighted by Gasteiger charge is -2.26. The molecular weight excluding hydrogens is 281 g/mol. The van der Waals surface area contributed by atoms with E-state index in [1.54, 1.807) is 6.07 Å². The second-order valence-corrected chi connectivity index (χ2v) is 5.61. The third-order valence-electron chi connectivity index (χ3n) is 3.66. The summed E-state index contributed by atoms with van der Waals surface area (Å²) in [6, 6.07) is 5.03. The van der Waals surface area contributed by atoms with E-state index in [9.17, 15) is 18.0 Å². The lowest BCUT2D eigenvalue weighted by molar-refractivity contribution is -0.137. The van der Waals surface area contributed by atoms with Gasteiger partial charge in [0.15, 0.2) is 0 Å².